The molecule has 132 valence electrons. The number of ether oxygens (including phenoxy) is 1. The Kier molecular flexibility index (Phi) is 5.31. The van der Waals surface area contributed by atoms with Crippen LogP contribution < -0.4 is 11.1 Å². The van der Waals surface area contributed by atoms with Crippen LogP contribution in [0.5, 0.6) is 0 Å². The molecule has 0 aliphatic carbocycles. The summed E-state index contributed by atoms with van der Waals surface area (Å²) in [5, 5.41) is 6.04. The van der Waals surface area contributed by atoms with Crippen LogP contribution in [0.2, 0.25) is 5.15 Å². The fraction of sp³-hybridized carbons (Fsp3) is 0.353. The minimum atomic E-state index is -0.0914. The number of rotatable bonds is 4. The highest BCUT2D eigenvalue weighted by atomic mass is 79.9. The molecule has 4 rings (SSSR count). The molecule has 25 heavy (non-hydrogen) atoms. The molecule has 3 aromatic heterocycles. The highest BCUT2D eigenvalue weighted by Gasteiger charge is 2.29. The van der Waals surface area contributed by atoms with Gasteiger partial charge in [0, 0.05) is 30.1 Å². The summed E-state index contributed by atoms with van der Waals surface area (Å²) in [6.07, 6.45) is 1.90. The van der Waals surface area contributed by atoms with E-state index in [4.69, 9.17) is 22.1 Å². The van der Waals surface area contributed by atoms with Gasteiger partial charge in [0.15, 0.2) is 0 Å². The van der Waals surface area contributed by atoms with E-state index in [-0.39, 0.29) is 12.1 Å². The fourth-order valence-electron chi connectivity index (χ4n) is 3.01. The summed E-state index contributed by atoms with van der Waals surface area (Å²) in [5.41, 5.74) is 8.15. The quantitative estimate of drug-likeness (QED) is 0.502. The van der Waals surface area contributed by atoms with Gasteiger partial charge in [0.05, 0.1) is 25.3 Å². The van der Waals surface area contributed by atoms with E-state index in [1.165, 1.54) is 4.88 Å². The molecule has 0 spiro atoms. The molecule has 0 aromatic carbocycles. The van der Waals surface area contributed by atoms with Gasteiger partial charge in [-0.15, -0.1) is 22.7 Å². The molecule has 0 amide bonds. The number of pyridine rings is 1. The normalized spacial score (nSPS) is 20.9. The van der Waals surface area contributed by atoms with Crippen molar-refractivity contribution in [3.8, 4) is 0 Å². The van der Waals surface area contributed by atoms with Crippen molar-refractivity contribution in [3.05, 3.63) is 43.0 Å². The van der Waals surface area contributed by atoms with Gasteiger partial charge in [-0.25, -0.2) is 4.98 Å². The number of halogens is 2. The maximum Gasteiger partial charge on any atom is 0.131 e. The third-order valence-corrected chi connectivity index (χ3v) is 7.65. The lowest BCUT2D eigenvalue weighted by Crippen LogP contribution is -2.34. The Morgan fingerprint density at radius 1 is 1.48 bits per heavy atom. The van der Waals surface area contributed by atoms with E-state index in [1.807, 2.05) is 6.07 Å². The van der Waals surface area contributed by atoms with Crippen molar-refractivity contribution in [2.24, 2.45) is 5.73 Å². The molecule has 4 nitrogen and oxygen atoms in total. The first-order valence-electron chi connectivity index (χ1n) is 8.05. The first-order chi connectivity index (χ1) is 12.1. The number of nitrogens with zero attached hydrogens (tertiary/aromatic N) is 1. The van der Waals surface area contributed by atoms with E-state index in [0.717, 1.165) is 51.2 Å². The Labute approximate surface area is 167 Å². The molecule has 3 N–H and O–H groups in total. The topological polar surface area (TPSA) is 60.2 Å². The largest absolute Gasteiger partial charge is 0.379 e. The molecule has 1 aliphatic rings. The van der Waals surface area contributed by atoms with Crippen LogP contribution in [0.25, 0.3) is 10.2 Å². The minimum absolute atomic E-state index is 0.0103. The molecule has 1 unspecified atom stereocenters. The Morgan fingerprint density at radius 3 is 3.12 bits per heavy atom. The van der Waals surface area contributed by atoms with Crippen LogP contribution in [0.4, 0.5) is 5.69 Å². The summed E-state index contributed by atoms with van der Waals surface area (Å²) in [4.78, 5) is 6.88. The Hall–Kier alpha value is -0.700. The number of hydrogen-bond acceptors (Lipinski definition) is 6. The second kappa shape index (κ2) is 7.50. The molecule has 0 bridgehead atoms. The molecule has 0 saturated carbocycles. The van der Waals surface area contributed by atoms with Gasteiger partial charge in [-0.05, 0) is 40.2 Å². The average molecular weight is 459 g/mol. The molecule has 1 fully saturated rings. The van der Waals surface area contributed by atoms with Crippen LogP contribution >= 0.6 is 50.2 Å². The van der Waals surface area contributed by atoms with Crippen LogP contribution in [0.3, 0.4) is 0 Å². The van der Waals surface area contributed by atoms with Crippen molar-refractivity contribution in [1.82, 2.24) is 4.98 Å². The van der Waals surface area contributed by atoms with Crippen LogP contribution in [-0.2, 0) is 11.3 Å². The van der Waals surface area contributed by atoms with Gasteiger partial charge in [-0.3, -0.25) is 0 Å². The van der Waals surface area contributed by atoms with E-state index >= 15 is 0 Å². The predicted molar refractivity (Wildman–Crippen MR) is 110 cm³/mol. The molecule has 1 aliphatic heterocycles. The minimum Gasteiger partial charge on any atom is -0.379 e. The second-order valence-corrected chi connectivity index (χ2v) is 9.25. The number of nitrogens with two attached hydrogens (primary N) is 1. The summed E-state index contributed by atoms with van der Waals surface area (Å²) in [6, 6.07) is 6.06. The smallest absolute Gasteiger partial charge is 0.131 e. The zero-order valence-electron chi connectivity index (χ0n) is 13.3. The Bertz CT molecular complexity index is 884. The average Bonchev–Trinajstić information content (AvgIpc) is 3.22. The van der Waals surface area contributed by atoms with Gasteiger partial charge < -0.3 is 15.8 Å². The van der Waals surface area contributed by atoms with Gasteiger partial charge in [-0.1, -0.05) is 17.7 Å². The lowest BCUT2D eigenvalue weighted by molar-refractivity contribution is 0.00202. The Morgan fingerprint density at radius 2 is 2.36 bits per heavy atom. The number of thiophene rings is 2. The van der Waals surface area contributed by atoms with Gasteiger partial charge in [0.25, 0.3) is 0 Å². The lowest BCUT2D eigenvalue weighted by atomic mass is 10.0. The van der Waals surface area contributed by atoms with E-state index in [1.54, 1.807) is 22.7 Å². The predicted octanol–water partition coefficient (Wildman–Crippen LogP) is 5.56. The first-order valence-corrected chi connectivity index (χ1v) is 10.9. The van der Waals surface area contributed by atoms with Crippen LogP contribution in [-0.4, -0.2) is 17.6 Å². The number of hydrogen-bond donors (Lipinski definition) is 2. The van der Waals surface area contributed by atoms with E-state index < -0.39 is 0 Å². The summed E-state index contributed by atoms with van der Waals surface area (Å²) in [6.45, 7) is 1.51. The zero-order chi connectivity index (χ0) is 17.4. The third kappa shape index (κ3) is 3.59. The maximum atomic E-state index is 6.29. The highest BCUT2D eigenvalue weighted by Crippen LogP contribution is 2.45. The van der Waals surface area contributed by atoms with E-state index in [9.17, 15) is 0 Å². The lowest BCUT2D eigenvalue weighted by Gasteiger charge is -2.28. The highest BCUT2D eigenvalue weighted by molar-refractivity contribution is 9.10. The van der Waals surface area contributed by atoms with Crippen molar-refractivity contribution in [1.29, 1.82) is 0 Å². The van der Waals surface area contributed by atoms with Crippen molar-refractivity contribution < 1.29 is 4.74 Å². The van der Waals surface area contributed by atoms with Crippen LogP contribution in [0, 0.1) is 0 Å². The fourth-order valence-corrected chi connectivity index (χ4v) is 5.99. The number of aromatic nitrogens is 1. The Balaban J connectivity index is 1.72. The molecule has 0 radical (unpaired) electrons. The molecule has 2 atom stereocenters. The number of anilines is 1. The van der Waals surface area contributed by atoms with Crippen LogP contribution in [0.1, 0.15) is 28.7 Å². The SMILES string of the molecule is N[C@H]1CCCOC1c1sc2c(NCc3cccs3)cc(Cl)nc2c1Br. The van der Waals surface area contributed by atoms with E-state index in [0.29, 0.717) is 5.15 Å². The maximum absolute atomic E-state index is 6.29. The molecular weight excluding hydrogens is 442 g/mol. The summed E-state index contributed by atoms with van der Waals surface area (Å²) >= 11 is 13.4. The second-order valence-electron chi connectivity index (χ2n) is 5.98. The molecule has 4 heterocycles. The van der Waals surface area contributed by atoms with Crippen molar-refractivity contribution in [2.45, 2.75) is 31.5 Å². The van der Waals surface area contributed by atoms with Gasteiger partial charge in [0.1, 0.15) is 11.3 Å². The summed E-state index contributed by atoms with van der Waals surface area (Å²) in [5.74, 6) is 0. The standard InChI is InChI=1S/C17H17BrClN3OS2/c18-13-14-16(25-17(13)15-10(20)4-1-5-23-15)11(7-12(19)22-14)21-8-9-3-2-6-24-9/h2-3,6-7,10,15H,1,4-5,8,20H2,(H,21,22)/t10-,15?/m0/s1. The van der Waals surface area contributed by atoms with Crippen LogP contribution in [0.15, 0.2) is 28.1 Å². The monoisotopic (exact) mass is 457 g/mol. The van der Waals surface area contributed by atoms with Gasteiger partial charge in [-0.2, -0.15) is 0 Å². The first kappa shape index (κ1) is 17.7. The van der Waals surface area contributed by atoms with E-state index in [2.05, 4.69) is 43.7 Å². The molecule has 1 saturated heterocycles. The third-order valence-electron chi connectivity index (χ3n) is 4.24. The zero-order valence-corrected chi connectivity index (χ0v) is 17.3. The van der Waals surface area contributed by atoms with Gasteiger partial charge >= 0.3 is 0 Å². The molecular formula is C17H17BrClN3OS2. The van der Waals surface area contributed by atoms with Crippen molar-refractivity contribution >= 4 is 66.1 Å². The number of nitrogens with one attached hydrogen (secondary N) is 1. The van der Waals surface area contributed by atoms with Crippen molar-refractivity contribution in [2.75, 3.05) is 11.9 Å². The molecule has 3 aromatic rings. The van der Waals surface area contributed by atoms with Crippen molar-refractivity contribution in [3.63, 3.8) is 0 Å². The summed E-state index contributed by atoms with van der Waals surface area (Å²) < 4.78 is 7.97. The number of fused-ring (bicyclic) bond motifs is 1. The summed E-state index contributed by atoms with van der Waals surface area (Å²) in [7, 11) is 0. The molecule has 8 heteroatoms. The van der Waals surface area contributed by atoms with Gasteiger partial charge in [0.2, 0.25) is 0 Å².